The molecule has 1 N–H and O–H groups in total. The maximum absolute atomic E-state index is 3.63. The molecule has 0 aliphatic rings. The van der Waals surface area contributed by atoms with Gasteiger partial charge in [-0.1, -0.05) is 55.0 Å². The zero-order valence-electron chi connectivity index (χ0n) is 13.0. The summed E-state index contributed by atoms with van der Waals surface area (Å²) in [5.41, 5.74) is 6.93. The highest BCUT2D eigenvalue weighted by molar-refractivity contribution is 5.35. The van der Waals surface area contributed by atoms with Crippen LogP contribution in [0.4, 0.5) is 0 Å². The van der Waals surface area contributed by atoms with E-state index in [0.29, 0.717) is 6.04 Å². The van der Waals surface area contributed by atoms with Crippen LogP contribution in [0.2, 0.25) is 0 Å². The van der Waals surface area contributed by atoms with Gasteiger partial charge in [0.15, 0.2) is 0 Å². The lowest BCUT2D eigenvalue weighted by Crippen LogP contribution is -2.24. The lowest BCUT2D eigenvalue weighted by atomic mass is 9.92. The summed E-state index contributed by atoms with van der Waals surface area (Å²) in [7, 11) is 0. The molecule has 0 spiro atoms. The van der Waals surface area contributed by atoms with Crippen molar-refractivity contribution in [3.8, 4) is 0 Å². The van der Waals surface area contributed by atoms with Crippen LogP contribution in [0.5, 0.6) is 0 Å². The molecule has 0 saturated carbocycles. The molecule has 1 heteroatoms. The molecule has 0 bridgehead atoms. The van der Waals surface area contributed by atoms with Gasteiger partial charge in [-0.15, -0.1) is 0 Å². The van der Waals surface area contributed by atoms with Crippen molar-refractivity contribution < 1.29 is 0 Å². The van der Waals surface area contributed by atoms with E-state index < -0.39 is 0 Å². The van der Waals surface area contributed by atoms with Gasteiger partial charge in [-0.05, 0) is 56.0 Å². The number of benzene rings is 2. The fourth-order valence-corrected chi connectivity index (χ4v) is 2.81. The molecule has 0 aromatic heterocycles. The number of rotatable bonds is 5. The maximum Gasteiger partial charge on any atom is 0.0363 e. The van der Waals surface area contributed by atoms with Gasteiger partial charge in [0.1, 0.15) is 0 Å². The Balaban J connectivity index is 2.29. The summed E-state index contributed by atoms with van der Waals surface area (Å²) in [6, 6.07) is 15.8. The molecule has 2 rings (SSSR count). The van der Waals surface area contributed by atoms with Crippen molar-refractivity contribution in [1.82, 2.24) is 5.32 Å². The third kappa shape index (κ3) is 3.49. The van der Waals surface area contributed by atoms with Gasteiger partial charge in [0.25, 0.3) is 0 Å². The van der Waals surface area contributed by atoms with Crippen LogP contribution in [-0.4, -0.2) is 6.54 Å². The van der Waals surface area contributed by atoms with Gasteiger partial charge in [0.05, 0.1) is 0 Å². The van der Waals surface area contributed by atoms with Crippen molar-refractivity contribution in [2.24, 2.45) is 0 Å². The standard InChI is InChI=1S/C19H25N/c1-5-20-19(13-17-9-7-6-8-15(17)3)18-11-10-14(2)12-16(18)4/h6-12,19-20H,5,13H2,1-4H3. The molecule has 2 aromatic carbocycles. The molecule has 106 valence electrons. The van der Waals surface area contributed by atoms with E-state index >= 15 is 0 Å². The third-order valence-electron chi connectivity index (χ3n) is 3.94. The second-order valence-corrected chi connectivity index (χ2v) is 5.60. The van der Waals surface area contributed by atoms with Crippen molar-refractivity contribution in [3.63, 3.8) is 0 Å². The highest BCUT2D eigenvalue weighted by Gasteiger charge is 2.14. The summed E-state index contributed by atoms with van der Waals surface area (Å²) in [4.78, 5) is 0. The van der Waals surface area contributed by atoms with E-state index in [1.165, 1.54) is 27.8 Å². The maximum atomic E-state index is 3.63. The van der Waals surface area contributed by atoms with Gasteiger partial charge in [0, 0.05) is 6.04 Å². The molecule has 1 nitrogen and oxygen atoms in total. The van der Waals surface area contributed by atoms with Gasteiger partial charge in [-0.25, -0.2) is 0 Å². The predicted octanol–water partition coefficient (Wildman–Crippen LogP) is 4.51. The van der Waals surface area contributed by atoms with Gasteiger partial charge in [0.2, 0.25) is 0 Å². The Kier molecular flexibility index (Phi) is 4.97. The highest BCUT2D eigenvalue weighted by Crippen LogP contribution is 2.24. The van der Waals surface area contributed by atoms with Crippen LogP contribution in [0.15, 0.2) is 42.5 Å². The van der Waals surface area contributed by atoms with E-state index in [0.717, 1.165) is 13.0 Å². The summed E-state index contributed by atoms with van der Waals surface area (Å²) in [6.07, 6.45) is 1.05. The molecular formula is C19H25N. The van der Waals surface area contributed by atoms with Gasteiger partial charge >= 0.3 is 0 Å². The number of aryl methyl sites for hydroxylation is 3. The van der Waals surface area contributed by atoms with Crippen molar-refractivity contribution >= 4 is 0 Å². The van der Waals surface area contributed by atoms with Gasteiger partial charge in [-0.2, -0.15) is 0 Å². The van der Waals surface area contributed by atoms with E-state index in [9.17, 15) is 0 Å². The molecule has 0 aliphatic carbocycles. The fourth-order valence-electron chi connectivity index (χ4n) is 2.81. The molecular weight excluding hydrogens is 242 g/mol. The van der Waals surface area contributed by atoms with Crippen molar-refractivity contribution in [1.29, 1.82) is 0 Å². The first-order valence-electron chi connectivity index (χ1n) is 7.47. The Morgan fingerprint density at radius 1 is 0.950 bits per heavy atom. The predicted molar refractivity (Wildman–Crippen MR) is 87.2 cm³/mol. The smallest absolute Gasteiger partial charge is 0.0363 e. The van der Waals surface area contributed by atoms with Crippen LogP contribution in [0, 0.1) is 20.8 Å². The Labute approximate surface area is 123 Å². The van der Waals surface area contributed by atoms with E-state index in [4.69, 9.17) is 0 Å². The molecule has 0 amide bonds. The van der Waals surface area contributed by atoms with Crippen LogP contribution in [-0.2, 0) is 6.42 Å². The second kappa shape index (κ2) is 6.71. The molecule has 20 heavy (non-hydrogen) atoms. The molecule has 1 atom stereocenters. The Hall–Kier alpha value is -1.60. The zero-order valence-corrected chi connectivity index (χ0v) is 13.0. The SMILES string of the molecule is CCNC(Cc1ccccc1C)c1ccc(C)cc1C. The number of hydrogen-bond donors (Lipinski definition) is 1. The molecule has 2 aromatic rings. The first-order chi connectivity index (χ1) is 9.61. The molecule has 0 fully saturated rings. The molecule has 0 heterocycles. The van der Waals surface area contributed by atoms with E-state index in [-0.39, 0.29) is 0 Å². The fraction of sp³-hybridized carbons (Fsp3) is 0.368. The van der Waals surface area contributed by atoms with Gasteiger partial charge in [-0.3, -0.25) is 0 Å². The molecule has 1 unspecified atom stereocenters. The van der Waals surface area contributed by atoms with E-state index in [2.05, 4.69) is 75.5 Å². The zero-order chi connectivity index (χ0) is 14.5. The number of likely N-dealkylation sites (N-methyl/N-ethyl adjacent to an activating group) is 1. The van der Waals surface area contributed by atoms with Gasteiger partial charge < -0.3 is 5.32 Å². The lowest BCUT2D eigenvalue weighted by Gasteiger charge is -2.22. The first-order valence-corrected chi connectivity index (χ1v) is 7.47. The minimum Gasteiger partial charge on any atom is -0.310 e. The minimum atomic E-state index is 0.390. The van der Waals surface area contributed by atoms with Crippen LogP contribution in [0.3, 0.4) is 0 Å². The van der Waals surface area contributed by atoms with Crippen LogP contribution >= 0.6 is 0 Å². The molecule has 0 saturated heterocycles. The summed E-state index contributed by atoms with van der Waals surface area (Å²) >= 11 is 0. The van der Waals surface area contributed by atoms with Crippen LogP contribution in [0.25, 0.3) is 0 Å². The monoisotopic (exact) mass is 267 g/mol. The topological polar surface area (TPSA) is 12.0 Å². The third-order valence-corrected chi connectivity index (χ3v) is 3.94. The summed E-state index contributed by atoms with van der Waals surface area (Å²) in [5, 5.41) is 3.63. The quantitative estimate of drug-likeness (QED) is 0.840. The average molecular weight is 267 g/mol. The second-order valence-electron chi connectivity index (χ2n) is 5.60. The lowest BCUT2D eigenvalue weighted by molar-refractivity contribution is 0.546. The van der Waals surface area contributed by atoms with Crippen molar-refractivity contribution in [2.75, 3.05) is 6.54 Å². The Morgan fingerprint density at radius 3 is 2.35 bits per heavy atom. The van der Waals surface area contributed by atoms with E-state index in [1.54, 1.807) is 0 Å². The Bertz CT molecular complexity index is 572. The summed E-state index contributed by atoms with van der Waals surface area (Å²) < 4.78 is 0. The van der Waals surface area contributed by atoms with Crippen LogP contribution < -0.4 is 5.32 Å². The average Bonchev–Trinajstić information content (AvgIpc) is 2.41. The molecule has 0 aliphatic heterocycles. The van der Waals surface area contributed by atoms with E-state index in [1.807, 2.05) is 0 Å². The number of hydrogen-bond acceptors (Lipinski definition) is 1. The highest BCUT2D eigenvalue weighted by atomic mass is 14.9. The summed E-state index contributed by atoms with van der Waals surface area (Å²) in [5.74, 6) is 0. The number of nitrogens with one attached hydrogen (secondary N) is 1. The van der Waals surface area contributed by atoms with Crippen molar-refractivity contribution in [3.05, 3.63) is 70.3 Å². The normalized spacial score (nSPS) is 12.4. The van der Waals surface area contributed by atoms with Crippen molar-refractivity contribution in [2.45, 2.75) is 40.2 Å². The largest absolute Gasteiger partial charge is 0.310 e. The van der Waals surface area contributed by atoms with Crippen LogP contribution in [0.1, 0.15) is 40.8 Å². The molecule has 0 radical (unpaired) electrons. The minimum absolute atomic E-state index is 0.390. The first kappa shape index (κ1) is 14.8. The Morgan fingerprint density at radius 2 is 1.70 bits per heavy atom. The summed E-state index contributed by atoms with van der Waals surface area (Å²) in [6.45, 7) is 9.73.